The minimum Gasteiger partial charge on any atom is -0.478 e. The Hall–Kier alpha value is -2.84. The molecule has 5 nitrogen and oxygen atoms in total. The van der Waals surface area contributed by atoms with Crippen LogP contribution in [-0.4, -0.2) is 30.2 Å². The minimum atomic E-state index is -0.877. The summed E-state index contributed by atoms with van der Waals surface area (Å²) in [6.07, 6.45) is 1.99. The number of aromatic carboxylic acids is 1. The maximum absolute atomic E-state index is 11.4. The SMILES string of the molecule is Cc1cc(C)c(C(=O)O)cc1CNC1CCN(c2ccccc2C#N)CC1. The molecule has 2 aromatic carbocycles. The Morgan fingerprint density at radius 3 is 2.59 bits per heavy atom. The molecule has 0 atom stereocenters. The van der Waals surface area contributed by atoms with E-state index in [4.69, 9.17) is 0 Å². The van der Waals surface area contributed by atoms with Crippen LogP contribution in [0.1, 0.15) is 45.5 Å². The number of piperidine rings is 1. The number of aryl methyl sites for hydroxylation is 2. The van der Waals surface area contributed by atoms with Gasteiger partial charge in [0.2, 0.25) is 0 Å². The molecule has 2 N–H and O–H groups in total. The predicted molar refractivity (Wildman–Crippen MR) is 106 cm³/mol. The van der Waals surface area contributed by atoms with Gasteiger partial charge in [-0.15, -0.1) is 0 Å². The molecule has 1 heterocycles. The Labute approximate surface area is 160 Å². The number of carboxylic acid groups (broad SMARTS) is 1. The molecular weight excluding hydrogens is 338 g/mol. The normalized spacial score (nSPS) is 14.8. The van der Waals surface area contributed by atoms with Crippen LogP contribution in [0, 0.1) is 25.2 Å². The van der Waals surface area contributed by atoms with E-state index in [9.17, 15) is 15.2 Å². The number of nitrogens with zero attached hydrogens (tertiary/aromatic N) is 2. The second-order valence-corrected chi connectivity index (χ2v) is 7.17. The van der Waals surface area contributed by atoms with E-state index in [-0.39, 0.29) is 0 Å². The van der Waals surface area contributed by atoms with Gasteiger partial charge < -0.3 is 15.3 Å². The molecule has 0 aliphatic carbocycles. The fourth-order valence-electron chi connectivity index (χ4n) is 3.74. The van der Waals surface area contributed by atoms with Crippen LogP contribution in [0.25, 0.3) is 0 Å². The van der Waals surface area contributed by atoms with Gasteiger partial charge in [-0.25, -0.2) is 4.79 Å². The number of para-hydroxylation sites is 1. The first-order valence-corrected chi connectivity index (χ1v) is 9.30. The summed E-state index contributed by atoms with van der Waals surface area (Å²) in [7, 11) is 0. The molecule has 140 valence electrons. The van der Waals surface area contributed by atoms with Crippen molar-refractivity contribution < 1.29 is 9.90 Å². The van der Waals surface area contributed by atoms with Crippen molar-refractivity contribution in [1.29, 1.82) is 5.26 Å². The van der Waals surface area contributed by atoms with Gasteiger partial charge in [-0.2, -0.15) is 5.26 Å². The monoisotopic (exact) mass is 363 g/mol. The van der Waals surface area contributed by atoms with Crippen LogP contribution >= 0.6 is 0 Å². The lowest BCUT2D eigenvalue weighted by molar-refractivity contribution is 0.0696. The molecule has 0 amide bonds. The van der Waals surface area contributed by atoms with Crippen LogP contribution in [-0.2, 0) is 6.54 Å². The number of carbonyl (C=O) groups is 1. The number of hydrogen-bond acceptors (Lipinski definition) is 4. The molecule has 27 heavy (non-hydrogen) atoms. The number of nitrogens with one attached hydrogen (secondary N) is 1. The smallest absolute Gasteiger partial charge is 0.335 e. The third kappa shape index (κ3) is 4.29. The molecule has 1 fully saturated rings. The van der Waals surface area contributed by atoms with Crippen molar-refractivity contribution in [2.75, 3.05) is 18.0 Å². The number of anilines is 1. The topological polar surface area (TPSA) is 76.4 Å². The fraction of sp³-hybridized carbons (Fsp3) is 0.364. The van der Waals surface area contributed by atoms with Gasteiger partial charge in [0, 0.05) is 25.7 Å². The van der Waals surface area contributed by atoms with Gasteiger partial charge in [0.15, 0.2) is 0 Å². The van der Waals surface area contributed by atoms with E-state index < -0.39 is 5.97 Å². The number of nitriles is 1. The molecule has 3 rings (SSSR count). The number of carboxylic acids is 1. The van der Waals surface area contributed by atoms with E-state index in [1.54, 1.807) is 6.07 Å². The second-order valence-electron chi connectivity index (χ2n) is 7.17. The molecule has 1 aliphatic heterocycles. The van der Waals surface area contributed by atoms with Crippen LogP contribution in [0.2, 0.25) is 0 Å². The lowest BCUT2D eigenvalue weighted by Crippen LogP contribution is -2.42. The summed E-state index contributed by atoms with van der Waals surface area (Å²) in [5.74, 6) is -0.877. The van der Waals surface area contributed by atoms with Crippen LogP contribution in [0.15, 0.2) is 36.4 Å². The average Bonchev–Trinajstić information content (AvgIpc) is 2.67. The summed E-state index contributed by atoms with van der Waals surface area (Å²) in [4.78, 5) is 13.6. The number of benzene rings is 2. The van der Waals surface area contributed by atoms with Gasteiger partial charge in [-0.3, -0.25) is 0 Å². The van der Waals surface area contributed by atoms with Crippen molar-refractivity contribution in [1.82, 2.24) is 5.32 Å². The quantitative estimate of drug-likeness (QED) is 0.848. The first-order chi connectivity index (χ1) is 13.0. The van der Waals surface area contributed by atoms with Crippen LogP contribution in [0.5, 0.6) is 0 Å². The number of rotatable bonds is 5. The van der Waals surface area contributed by atoms with E-state index in [0.29, 0.717) is 18.2 Å². The summed E-state index contributed by atoms with van der Waals surface area (Å²) in [5.41, 5.74) is 5.06. The molecule has 0 saturated carbocycles. The van der Waals surface area contributed by atoms with E-state index in [0.717, 1.165) is 53.9 Å². The molecule has 0 unspecified atom stereocenters. The highest BCUT2D eigenvalue weighted by Gasteiger charge is 2.21. The van der Waals surface area contributed by atoms with Crippen LogP contribution in [0.3, 0.4) is 0 Å². The van der Waals surface area contributed by atoms with Gasteiger partial charge in [0.1, 0.15) is 6.07 Å². The standard InChI is InChI=1S/C22H25N3O2/c1-15-11-16(2)20(22(26)27)12-18(15)14-24-19-7-9-25(10-8-19)21-6-4-3-5-17(21)13-23/h3-6,11-12,19,24H,7-10,14H2,1-2H3,(H,26,27). The summed E-state index contributed by atoms with van der Waals surface area (Å²) in [6.45, 7) is 6.35. The van der Waals surface area contributed by atoms with Crippen molar-refractivity contribution in [3.63, 3.8) is 0 Å². The molecular formula is C22H25N3O2. The van der Waals surface area contributed by atoms with E-state index in [1.807, 2.05) is 44.2 Å². The average molecular weight is 363 g/mol. The Balaban J connectivity index is 1.60. The maximum atomic E-state index is 11.4. The molecule has 0 radical (unpaired) electrons. The van der Waals surface area contributed by atoms with Crippen molar-refractivity contribution in [3.8, 4) is 6.07 Å². The summed E-state index contributed by atoms with van der Waals surface area (Å²) < 4.78 is 0. The van der Waals surface area contributed by atoms with Crippen molar-refractivity contribution in [3.05, 3.63) is 64.2 Å². The van der Waals surface area contributed by atoms with Gasteiger partial charge in [-0.05, 0) is 61.6 Å². The van der Waals surface area contributed by atoms with Crippen molar-refractivity contribution in [2.45, 2.75) is 39.3 Å². The zero-order valence-electron chi connectivity index (χ0n) is 15.8. The maximum Gasteiger partial charge on any atom is 0.335 e. The molecule has 0 spiro atoms. The first kappa shape index (κ1) is 18.9. The Kier molecular flexibility index (Phi) is 5.78. The number of hydrogen-bond donors (Lipinski definition) is 2. The van der Waals surface area contributed by atoms with Gasteiger partial charge >= 0.3 is 5.97 Å². The lowest BCUT2D eigenvalue weighted by atomic mass is 9.98. The largest absolute Gasteiger partial charge is 0.478 e. The first-order valence-electron chi connectivity index (χ1n) is 9.30. The highest BCUT2D eigenvalue weighted by atomic mass is 16.4. The molecule has 0 bridgehead atoms. The van der Waals surface area contributed by atoms with E-state index in [2.05, 4.69) is 16.3 Å². The third-order valence-electron chi connectivity index (χ3n) is 5.35. The molecule has 1 saturated heterocycles. The highest BCUT2D eigenvalue weighted by molar-refractivity contribution is 5.89. The fourth-order valence-corrected chi connectivity index (χ4v) is 3.74. The Morgan fingerprint density at radius 1 is 1.22 bits per heavy atom. The van der Waals surface area contributed by atoms with Crippen LogP contribution in [0.4, 0.5) is 5.69 Å². The van der Waals surface area contributed by atoms with Crippen molar-refractivity contribution >= 4 is 11.7 Å². The Morgan fingerprint density at radius 2 is 1.93 bits per heavy atom. The zero-order chi connectivity index (χ0) is 19.4. The highest BCUT2D eigenvalue weighted by Crippen LogP contribution is 2.24. The molecule has 2 aromatic rings. The molecule has 1 aliphatic rings. The van der Waals surface area contributed by atoms with Gasteiger partial charge in [-0.1, -0.05) is 18.2 Å². The van der Waals surface area contributed by atoms with Gasteiger partial charge in [0.25, 0.3) is 0 Å². The van der Waals surface area contributed by atoms with Crippen molar-refractivity contribution in [2.24, 2.45) is 0 Å². The summed E-state index contributed by atoms with van der Waals surface area (Å²) in [5, 5.41) is 22.2. The zero-order valence-corrected chi connectivity index (χ0v) is 15.8. The third-order valence-corrected chi connectivity index (χ3v) is 5.35. The predicted octanol–water partition coefficient (Wildman–Crippen LogP) is 3.63. The summed E-state index contributed by atoms with van der Waals surface area (Å²) in [6, 6.07) is 14.1. The Bertz CT molecular complexity index is 878. The minimum absolute atomic E-state index is 0.375. The summed E-state index contributed by atoms with van der Waals surface area (Å²) >= 11 is 0. The van der Waals surface area contributed by atoms with E-state index >= 15 is 0 Å². The van der Waals surface area contributed by atoms with E-state index in [1.165, 1.54) is 0 Å². The molecule has 5 heteroatoms. The van der Waals surface area contributed by atoms with Gasteiger partial charge in [0.05, 0.1) is 16.8 Å². The van der Waals surface area contributed by atoms with Crippen LogP contribution < -0.4 is 10.2 Å². The second kappa shape index (κ2) is 8.24. The lowest BCUT2D eigenvalue weighted by Gasteiger charge is -2.34. The molecule has 0 aromatic heterocycles.